The van der Waals surface area contributed by atoms with E-state index in [1.807, 2.05) is 0 Å². The van der Waals surface area contributed by atoms with Crippen LogP contribution in [-0.4, -0.2) is 4.92 Å². The van der Waals surface area contributed by atoms with Crippen LogP contribution in [0.2, 0.25) is 0 Å². The van der Waals surface area contributed by atoms with E-state index in [0.29, 0.717) is 5.69 Å². The van der Waals surface area contributed by atoms with Crippen molar-refractivity contribution in [3.05, 3.63) is 28.3 Å². The summed E-state index contributed by atoms with van der Waals surface area (Å²) >= 11 is 0. The fraction of sp³-hybridized carbons (Fsp3) is 0. The van der Waals surface area contributed by atoms with E-state index in [-0.39, 0.29) is 11.4 Å². The molecule has 57 valence electrons. The Kier molecular flexibility index (Phi) is 1.63. The molecule has 1 radical (unpaired) electrons. The number of hydrogen-bond donors (Lipinski definition) is 2. The smallest absolute Gasteiger partial charge is 0.292 e. The second-order valence-corrected chi connectivity index (χ2v) is 1.99. The van der Waals surface area contributed by atoms with Crippen LogP contribution < -0.4 is 11.5 Å². The molecule has 1 rings (SSSR count). The van der Waals surface area contributed by atoms with E-state index in [9.17, 15) is 10.1 Å². The Balaban J connectivity index is 3.20. The van der Waals surface area contributed by atoms with E-state index in [4.69, 9.17) is 11.5 Å². The third kappa shape index (κ3) is 1.37. The number of nitrogens with zero attached hydrogens (tertiary/aromatic N) is 1. The molecule has 0 bridgehead atoms. The zero-order valence-electron chi connectivity index (χ0n) is 5.57. The molecule has 0 saturated heterocycles. The van der Waals surface area contributed by atoms with Gasteiger partial charge in [-0.3, -0.25) is 10.1 Å². The highest BCUT2D eigenvalue weighted by Gasteiger charge is 2.09. The topological polar surface area (TPSA) is 95.2 Å². The van der Waals surface area contributed by atoms with E-state index in [1.54, 1.807) is 0 Å². The molecule has 0 heterocycles. The SMILES string of the molecule is Nc1[c]cc([N+](=O)[O-])c(N)c1. The summed E-state index contributed by atoms with van der Waals surface area (Å²) in [7, 11) is 0. The van der Waals surface area contributed by atoms with Gasteiger partial charge in [-0.05, 0) is 6.07 Å². The highest BCUT2D eigenvalue weighted by Crippen LogP contribution is 2.22. The first-order valence-electron chi connectivity index (χ1n) is 2.82. The number of nitro groups is 1. The molecule has 0 atom stereocenters. The lowest BCUT2D eigenvalue weighted by Crippen LogP contribution is -1.96. The Morgan fingerprint density at radius 2 is 2.18 bits per heavy atom. The van der Waals surface area contributed by atoms with Crippen molar-refractivity contribution in [1.29, 1.82) is 0 Å². The first kappa shape index (κ1) is 7.33. The average molecular weight is 152 g/mol. The van der Waals surface area contributed by atoms with Crippen LogP contribution in [-0.2, 0) is 0 Å². The Hall–Kier alpha value is -1.78. The molecule has 0 unspecified atom stereocenters. The van der Waals surface area contributed by atoms with Crippen molar-refractivity contribution in [2.24, 2.45) is 0 Å². The van der Waals surface area contributed by atoms with Gasteiger partial charge in [-0.1, -0.05) is 0 Å². The lowest BCUT2D eigenvalue weighted by Gasteiger charge is -1.96. The zero-order valence-corrected chi connectivity index (χ0v) is 5.57. The van der Waals surface area contributed by atoms with E-state index in [2.05, 4.69) is 6.07 Å². The van der Waals surface area contributed by atoms with Gasteiger partial charge in [-0.2, -0.15) is 0 Å². The highest BCUT2D eigenvalue weighted by molar-refractivity contribution is 5.63. The maximum atomic E-state index is 10.2. The molecule has 5 heteroatoms. The third-order valence-corrected chi connectivity index (χ3v) is 1.18. The van der Waals surface area contributed by atoms with E-state index in [1.165, 1.54) is 6.07 Å². The van der Waals surface area contributed by atoms with Crippen LogP contribution in [0.1, 0.15) is 0 Å². The molecule has 0 amide bonds. The van der Waals surface area contributed by atoms with Crippen molar-refractivity contribution in [2.75, 3.05) is 11.5 Å². The maximum absolute atomic E-state index is 10.2. The van der Waals surface area contributed by atoms with Gasteiger partial charge in [0.1, 0.15) is 5.69 Å². The number of benzene rings is 1. The summed E-state index contributed by atoms with van der Waals surface area (Å²) in [6.07, 6.45) is 0. The lowest BCUT2D eigenvalue weighted by atomic mass is 10.2. The van der Waals surface area contributed by atoms with Crippen LogP contribution in [0.3, 0.4) is 0 Å². The number of nitrogen functional groups attached to an aromatic ring is 2. The van der Waals surface area contributed by atoms with Crippen LogP contribution >= 0.6 is 0 Å². The van der Waals surface area contributed by atoms with Crippen LogP contribution in [0.25, 0.3) is 0 Å². The minimum Gasteiger partial charge on any atom is -0.398 e. The minimum atomic E-state index is -0.578. The zero-order chi connectivity index (χ0) is 8.43. The summed E-state index contributed by atoms with van der Waals surface area (Å²) in [5.74, 6) is 0. The molecule has 0 aliphatic rings. The van der Waals surface area contributed by atoms with Crippen LogP contribution in [0, 0.1) is 16.2 Å². The van der Waals surface area contributed by atoms with E-state index in [0.717, 1.165) is 6.07 Å². The highest BCUT2D eigenvalue weighted by atomic mass is 16.6. The molecule has 11 heavy (non-hydrogen) atoms. The molecular formula is C6H6N3O2. The molecule has 0 aromatic heterocycles. The van der Waals surface area contributed by atoms with Gasteiger partial charge in [0.25, 0.3) is 5.69 Å². The fourth-order valence-corrected chi connectivity index (χ4v) is 0.676. The van der Waals surface area contributed by atoms with Crippen molar-refractivity contribution < 1.29 is 4.92 Å². The normalized spacial score (nSPS) is 9.45. The van der Waals surface area contributed by atoms with Gasteiger partial charge in [0.15, 0.2) is 0 Å². The number of nitrogens with two attached hydrogens (primary N) is 2. The summed E-state index contributed by atoms with van der Waals surface area (Å²) in [6.45, 7) is 0. The van der Waals surface area contributed by atoms with Crippen LogP contribution in [0.15, 0.2) is 12.1 Å². The summed E-state index contributed by atoms with van der Waals surface area (Å²) < 4.78 is 0. The number of hydrogen-bond acceptors (Lipinski definition) is 4. The molecule has 4 N–H and O–H groups in total. The molecule has 0 fully saturated rings. The van der Waals surface area contributed by atoms with Crippen molar-refractivity contribution in [2.45, 2.75) is 0 Å². The van der Waals surface area contributed by atoms with Crippen molar-refractivity contribution in [3.63, 3.8) is 0 Å². The summed E-state index contributed by atoms with van der Waals surface area (Å²) in [5.41, 5.74) is 10.7. The van der Waals surface area contributed by atoms with Gasteiger partial charge in [-0.25, -0.2) is 0 Å². The first-order valence-corrected chi connectivity index (χ1v) is 2.82. The van der Waals surface area contributed by atoms with Gasteiger partial charge in [0.2, 0.25) is 0 Å². The van der Waals surface area contributed by atoms with E-state index >= 15 is 0 Å². The Bertz CT molecular complexity index is 298. The quantitative estimate of drug-likeness (QED) is 0.349. The largest absolute Gasteiger partial charge is 0.398 e. The standard InChI is InChI=1S/C6H6N3O2/c7-4-1-2-6(9(10)11)5(8)3-4/h2-3H,7-8H2. The summed E-state index contributed by atoms with van der Waals surface area (Å²) in [5, 5.41) is 10.2. The molecule has 0 saturated carbocycles. The van der Waals surface area contributed by atoms with Gasteiger partial charge in [0, 0.05) is 17.8 Å². The van der Waals surface area contributed by atoms with Crippen molar-refractivity contribution in [3.8, 4) is 0 Å². The Labute approximate surface area is 62.8 Å². The molecule has 0 spiro atoms. The molecule has 5 nitrogen and oxygen atoms in total. The number of nitro benzene ring substituents is 1. The van der Waals surface area contributed by atoms with Gasteiger partial charge in [0.05, 0.1) is 4.92 Å². The number of anilines is 2. The maximum Gasteiger partial charge on any atom is 0.292 e. The molecule has 1 aromatic rings. The van der Waals surface area contributed by atoms with Crippen LogP contribution in [0.5, 0.6) is 0 Å². The van der Waals surface area contributed by atoms with Crippen LogP contribution in [0.4, 0.5) is 17.1 Å². The fourth-order valence-electron chi connectivity index (χ4n) is 0.676. The molecule has 0 aliphatic carbocycles. The van der Waals surface area contributed by atoms with Crippen molar-refractivity contribution in [1.82, 2.24) is 0 Å². The molecular weight excluding hydrogens is 146 g/mol. The Morgan fingerprint density at radius 3 is 2.64 bits per heavy atom. The average Bonchev–Trinajstić information content (AvgIpc) is 1.85. The van der Waals surface area contributed by atoms with Crippen molar-refractivity contribution >= 4 is 17.1 Å². The third-order valence-electron chi connectivity index (χ3n) is 1.18. The second-order valence-electron chi connectivity index (χ2n) is 1.99. The van der Waals surface area contributed by atoms with Gasteiger partial charge in [-0.15, -0.1) is 0 Å². The lowest BCUT2D eigenvalue weighted by molar-refractivity contribution is -0.383. The molecule has 0 aliphatic heterocycles. The summed E-state index contributed by atoms with van der Waals surface area (Å²) in [6, 6.07) is 4.94. The number of rotatable bonds is 1. The van der Waals surface area contributed by atoms with Gasteiger partial charge >= 0.3 is 0 Å². The Morgan fingerprint density at radius 1 is 1.55 bits per heavy atom. The molecule has 1 aromatic carbocycles. The van der Waals surface area contributed by atoms with E-state index < -0.39 is 4.92 Å². The minimum absolute atomic E-state index is 0.0613. The van der Waals surface area contributed by atoms with Gasteiger partial charge < -0.3 is 11.5 Å². The summed E-state index contributed by atoms with van der Waals surface area (Å²) in [4.78, 5) is 9.62. The predicted molar refractivity (Wildman–Crippen MR) is 40.8 cm³/mol. The second kappa shape index (κ2) is 2.45. The predicted octanol–water partition coefficient (Wildman–Crippen LogP) is 0.559. The monoisotopic (exact) mass is 152 g/mol. The first-order chi connectivity index (χ1) is 5.11.